The van der Waals surface area contributed by atoms with Gasteiger partial charge in [-0.15, -0.1) is 11.3 Å². The quantitative estimate of drug-likeness (QED) is 0.832. The zero-order valence-electron chi connectivity index (χ0n) is 12.0. The van der Waals surface area contributed by atoms with E-state index in [1.165, 1.54) is 11.3 Å². The highest BCUT2D eigenvalue weighted by Crippen LogP contribution is 2.23. The van der Waals surface area contributed by atoms with Crippen LogP contribution in [-0.2, 0) is 0 Å². The summed E-state index contributed by atoms with van der Waals surface area (Å²) in [6.07, 6.45) is 0.962. The van der Waals surface area contributed by atoms with Crippen molar-refractivity contribution in [1.82, 2.24) is 10.3 Å². The Kier molecular flexibility index (Phi) is 5.59. The Labute approximate surface area is 133 Å². The Hall–Kier alpha value is -1.59. The number of thiazole rings is 1. The van der Waals surface area contributed by atoms with Crippen molar-refractivity contribution in [3.63, 3.8) is 0 Å². The summed E-state index contributed by atoms with van der Waals surface area (Å²) in [5.41, 5.74) is 1.29. The van der Waals surface area contributed by atoms with Crippen LogP contribution in [0.2, 0.25) is 5.02 Å². The molecule has 2 N–H and O–H groups in total. The molecule has 21 heavy (non-hydrogen) atoms. The highest BCUT2D eigenvalue weighted by atomic mass is 35.5. The molecular formula is C15H18ClN3OS. The van der Waals surface area contributed by atoms with Gasteiger partial charge in [-0.2, -0.15) is 0 Å². The van der Waals surface area contributed by atoms with Gasteiger partial charge in [0.05, 0.1) is 0 Å². The number of carbonyl (C=O) groups is 1. The number of benzene rings is 1. The molecule has 0 spiro atoms. The van der Waals surface area contributed by atoms with Gasteiger partial charge in [-0.25, -0.2) is 4.98 Å². The van der Waals surface area contributed by atoms with Gasteiger partial charge in [0, 0.05) is 22.6 Å². The summed E-state index contributed by atoms with van der Waals surface area (Å²) < 4.78 is 0. The van der Waals surface area contributed by atoms with E-state index in [2.05, 4.69) is 29.5 Å². The summed E-state index contributed by atoms with van der Waals surface area (Å²) in [5, 5.41) is 9.09. The number of amides is 1. The van der Waals surface area contributed by atoms with E-state index >= 15 is 0 Å². The maximum Gasteiger partial charge on any atom is 0.270 e. The van der Waals surface area contributed by atoms with Gasteiger partial charge in [0.1, 0.15) is 5.69 Å². The maximum atomic E-state index is 11.9. The molecule has 0 aliphatic carbocycles. The van der Waals surface area contributed by atoms with Crippen molar-refractivity contribution in [3.8, 4) is 0 Å². The first-order valence-corrected chi connectivity index (χ1v) is 8.06. The Morgan fingerprint density at radius 2 is 2.24 bits per heavy atom. The van der Waals surface area contributed by atoms with Crippen molar-refractivity contribution in [3.05, 3.63) is 40.4 Å². The molecule has 1 heterocycles. The zero-order valence-corrected chi connectivity index (χ0v) is 13.6. The lowest BCUT2D eigenvalue weighted by Crippen LogP contribution is -2.25. The van der Waals surface area contributed by atoms with Gasteiger partial charge >= 0.3 is 0 Å². The van der Waals surface area contributed by atoms with E-state index < -0.39 is 0 Å². The zero-order chi connectivity index (χ0) is 15.2. The van der Waals surface area contributed by atoms with E-state index in [0.29, 0.717) is 28.3 Å². The summed E-state index contributed by atoms with van der Waals surface area (Å²) in [6, 6.07) is 7.38. The second kappa shape index (κ2) is 7.43. The van der Waals surface area contributed by atoms with E-state index in [9.17, 15) is 4.79 Å². The third kappa shape index (κ3) is 5.02. The molecule has 4 nitrogen and oxygen atoms in total. The molecule has 1 amide bonds. The van der Waals surface area contributed by atoms with Crippen LogP contribution in [0.5, 0.6) is 0 Å². The molecule has 0 radical (unpaired) electrons. The van der Waals surface area contributed by atoms with Gasteiger partial charge in [-0.1, -0.05) is 31.5 Å². The number of aromatic nitrogens is 1. The van der Waals surface area contributed by atoms with Crippen molar-refractivity contribution in [1.29, 1.82) is 0 Å². The van der Waals surface area contributed by atoms with Crippen molar-refractivity contribution in [2.24, 2.45) is 5.92 Å². The number of hydrogen-bond acceptors (Lipinski definition) is 4. The van der Waals surface area contributed by atoms with Crippen LogP contribution in [0.3, 0.4) is 0 Å². The summed E-state index contributed by atoms with van der Waals surface area (Å²) >= 11 is 7.32. The fourth-order valence-electron chi connectivity index (χ4n) is 1.69. The molecule has 6 heteroatoms. The van der Waals surface area contributed by atoms with E-state index in [0.717, 1.165) is 12.1 Å². The van der Waals surface area contributed by atoms with Crippen molar-refractivity contribution in [2.75, 3.05) is 11.9 Å². The van der Waals surface area contributed by atoms with Crippen molar-refractivity contribution >= 4 is 39.7 Å². The second-order valence-corrected chi connectivity index (χ2v) is 6.41. The second-order valence-electron chi connectivity index (χ2n) is 5.11. The number of hydrogen-bond donors (Lipinski definition) is 2. The SMILES string of the molecule is CC(C)CCNC(=O)c1csc(Nc2cccc(Cl)c2)n1. The van der Waals surface area contributed by atoms with Crippen LogP contribution in [0.25, 0.3) is 0 Å². The molecule has 2 rings (SSSR count). The van der Waals surface area contributed by atoms with Gasteiger partial charge < -0.3 is 10.6 Å². The summed E-state index contributed by atoms with van der Waals surface area (Å²) in [7, 11) is 0. The van der Waals surface area contributed by atoms with Crippen LogP contribution in [0.15, 0.2) is 29.6 Å². The molecule has 0 saturated heterocycles. The van der Waals surface area contributed by atoms with Crippen LogP contribution in [0.4, 0.5) is 10.8 Å². The minimum Gasteiger partial charge on any atom is -0.351 e. The normalized spacial score (nSPS) is 10.7. The van der Waals surface area contributed by atoms with Gasteiger partial charge in [-0.3, -0.25) is 4.79 Å². The molecule has 0 aliphatic rings. The molecule has 0 bridgehead atoms. The smallest absolute Gasteiger partial charge is 0.270 e. The molecule has 2 aromatic rings. The minimum atomic E-state index is -0.133. The molecule has 1 aromatic carbocycles. The van der Waals surface area contributed by atoms with Crippen LogP contribution < -0.4 is 10.6 Å². The monoisotopic (exact) mass is 323 g/mol. The summed E-state index contributed by atoms with van der Waals surface area (Å²) in [5.74, 6) is 0.437. The van der Waals surface area contributed by atoms with E-state index in [1.807, 2.05) is 24.3 Å². The standard InChI is InChI=1S/C15H18ClN3OS/c1-10(2)6-7-17-14(20)13-9-21-15(19-13)18-12-5-3-4-11(16)8-12/h3-5,8-10H,6-7H2,1-2H3,(H,17,20)(H,18,19). The maximum absolute atomic E-state index is 11.9. The van der Waals surface area contributed by atoms with Crippen molar-refractivity contribution < 1.29 is 4.79 Å². The lowest BCUT2D eigenvalue weighted by Gasteiger charge is -2.05. The predicted molar refractivity (Wildman–Crippen MR) is 88.6 cm³/mol. The van der Waals surface area contributed by atoms with E-state index in [4.69, 9.17) is 11.6 Å². The Bertz CT molecular complexity index is 612. The Morgan fingerprint density at radius 3 is 2.95 bits per heavy atom. The lowest BCUT2D eigenvalue weighted by atomic mass is 10.1. The highest BCUT2D eigenvalue weighted by Gasteiger charge is 2.10. The number of halogens is 1. The average Bonchev–Trinajstić information content (AvgIpc) is 2.87. The Morgan fingerprint density at radius 1 is 1.43 bits per heavy atom. The highest BCUT2D eigenvalue weighted by molar-refractivity contribution is 7.14. The van der Waals surface area contributed by atoms with Crippen molar-refractivity contribution in [2.45, 2.75) is 20.3 Å². The summed E-state index contributed by atoms with van der Waals surface area (Å²) in [4.78, 5) is 16.2. The number of nitrogens with zero attached hydrogens (tertiary/aromatic N) is 1. The van der Waals surface area contributed by atoms with Gasteiger partial charge in [-0.05, 0) is 30.5 Å². The fraction of sp³-hybridized carbons (Fsp3) is 0.333. The molecule has 0 saturated carbocycles. The van der Waals surface area contributed by atoms with Crippen LogP contribution >= 0.6 is 22.9 Å². The predicted octanol–water partition coefficient (Wildman–Crippen LogP) is 4.32. The van der Waals surface area contributed by atoms with Gasteiger partial charge in [0.25, 0.3) is 5.91 Å². The Balaban J connectivity index is 1.93. The molecule has 1 aromatic heterocycles. The third-order valence-electron chi connectivity index (χ3n) is 2.82. The topological polar surface area (TPSA) is 54.0 Å². The lowest BCUT2D eigenvalue weighted by molar-refractivity contribution is 0.0948. The molecule has 0 atom stereocenters. The van der Waals surface area contributed by atoms with Crippen LogP contribution in [0.1, 0.15) is 30.8 Å². The molecule has 0 unspecified atom stereocenters. The third-order valence-corrected chi connectivity index (χ3v) is 3.81. The molecule has 0 aliphatic heterocycles. The fourth-order valence-corrected chi connectivity index (χ4v) is 2.59. The number of rotatable bonds is 6. The van der Waals surface area contributed by atoms with Gasteiger partial charge in [0.15, 0.2) is 5.13 Å². The first kappa shape index (κ1) is 15.8. The number of nitrogens with one attached hydrogen (secondary N) is 2. The van der Waals surface area contributed by atoms with Crippen LogP contribution in [-0.4, -0.2) is 17.4 Å². The molecular weight excluding hydrogens is 306 g/mol. The summed E-state index contributed by atoms with van der Waals surface area (Å²) in [6.45, 7) is 4.93. The van der Waals surface area contributed by atoms with E-state index in [1.54, 1.807) is 5.38 Å². The first-order valence-electron chi connectivity index (χ1n) is 6.81. The first-order chi connectivity index (χ1) is 10.0. The van der Waals surface area contributed by atoms with E-state index in [-0.39, 0.29) is 5.91 Å². The number of carbonyl (C=O) groups excluding carboxylic acids is 1. The molecule has 0 fully saturated rings. The minimum absolute atomic E-state index is 0.133. The average molecular weight is 324 g/mol. The van der Waals surface area contributed by atoms with Gasteiger partial charge in [0.2, 0.25) is 0 Å². The van der Waals surface area contributed by atoms with Crippen LogP contribution in [0, 0.1) is 5.92 Å². The largest absolute Gasteiger partial charge is 0.351 e. The number of anilines is 2. The molecule has 112 valence electrons.